The fourth-order valence-electron chi connectivity index (χ4n) is 13.6. The maximum absolute atomic E-state index is 2.73. The van der Waals surface area contributed by atoms with Crippen molar-refractivity contribution in [1.29, 1.82) is 0 Å². The second kappa shape index (κ2) is 13.3. The van der Waals surface area contributed by atoms with Crippen molar-refractivity contribution in [3.63, 3.8) is 0 Å². The highest BCUT2D eigenvalue weighted by Crippen LogP contribution is 2.55. The average Bonchev–Trinajstić information content (AvgIpc) is 3.42. The van der Waals surface area contributed by atoms with Crippen LogP contribution in [0.2, 0.25) is 0 Å². The molecule has 0 spiro atoms. The van der Waals surface area contributed by atoms with Gasteiger partial charge in [0.15, 0.2) is 0 Å². The zero-order valence-corrected chi connectivity index (χ0v) is 41.3. The van der Waals surface area contributed by atoms with Crippen molar-refractivity contribution >= 4 is 57.2 Å². The Kier molecular flexibility index (Phi) is 8.66. The fourth-order valence-corrected chi connectivity index (χ4v) is 13.6. The van der Waals surface area contributed by atoms with Crippen molar-refractivity contribution < 1.29 is 0 Å². The van der Waals surface area contributed by atoms with Crippen molar-refractivity contribution in [1.82, 2.24) is 0 Å². The number of benzene rings is 6. The first-order valence-electron chi connectivity index (χ1n) is 24.4. The molecule has 3 aliphatic carbocycles. The zero-order valence-electron chi connectivity index (χ0n) is 41.3. The molecule has 11 rings (SSSR count). The summed E-state index contributed by atoms with van der Waals surface area (Å²) in [5.74, 6) is 0. The molecule has 0 aromatic heterocycles. The number of anilines is 6. The highest BCUT2D eigenvalue weighted by molar-refractivity contribution is 7.00. The van der Waals surface area contributed by atoms with Crippen LogP contribution in [0.5, 0.6) is 0 Å². The molecule has 0 N–H and O–H groups in total. The Labute approximate surface area is 385 Å². The van der Waals surface area contributed by atoms with Gasteiger partial charge in [-0.25, -0.2) is 0 Å². The second-order valence-corrected chi connectivity index (χ2v) is 24.8. The van der Waals surface area contributed by atoms with Gasteiger partial charge in [0, 0.05) is 34.1 Å². The van der Waals surface area contributed by atoms with Crippen molar-refractivity contribution in [2.75, 3.05) is 9.80 Å². The monoisotopic (exact) mass is 841 g/mol. The maximum Gasteiger partial charge on any atom is 0.252 e. The van der Waals surface area contributed by atoms with Crippen molar-refractivity contribution in [3.8, 4) is 11.1 Å². The number of rotatable bonds is 3. The molecule has 3 heteroatoms. The van der Waals surface area contributed by atoms with Crippen LogP contribution in [0.15, 0.2) is 103 Å². The lowest BCUT2D eigenvalue weighted by molar-refractivity contribution is 0.332. The third kappa shape index (κ3) is 5.97. The van der Waals surface area contributed by atoms with Crippen LogP contribution >= 0.6 is 0 Å². The number of hydrogen-bond acceptors (Lipinski definition) is 2. The maximum atomic E-state index is 2.73. The summed E-state index contributed by atoms with van der Waals surface area (Å²) in [5, 5.41) is 0. The molecule has 2 heterocycles. The van der Waals surface area contributed by atoms with E-state index in [1.54, 1.807) is 0 Å². The molecule has 6 aromatic rings. The summed E-state index contributed by atoms with van der Waals surface area (Å²) in [6.07, 6.45) is 5.93. The van der Waals surface area contributed by atoms with Gasteiger partial charge in [0.05, 0.1) is 0 Å². The van der Waals surface area contributed by atoms with Crippen LogP contribution in [0.1, 0.15) is 160 Å². The first kappa shape index (κ1) is 41.7. The molecule has 2 aliphatic heterocycles. The average molecular weight is 841 g/mol. The minimum absolute atomic E-state index is 0.0646. The van der Waals surface area contributed by atoms with Crippen LogP contribution in [-0.2, 0) is 32.5 Å². The lowest BCUT2D eigenvalue weighted by Gasteiger charge is -2.47. The molecule has 0 unspecified atom stereocenters. The van der Waals surface area contributed by atoms with Crippen molar-refractivity contribution in [3.05, 3.63) is 148 Å². The van der Waals surface area contributed by atoms with Gasteiger partial charge in [-0.1, -0.05) is 144 Å². The molecular weight excluding hydrogens is 771 g/mol. The van der Waals surface area contributed by atoms with E-state index in [0.29, 0.717) is 0 Å². The molecule has 0 fully saturated rings. The molecule has 6 aromatic carbocycles. The van der Waals surface area contributed by atoms with Gasteiger partial charge in [0.25, 0.3) is 6.71 Å². The molecule has 5 aliphatic rings. The third-order valence-corrected chi connectivity index (χ3v) is 17.3. The Balaban J connectivity index is 1.25. The van der Waals surface area contributed by atoms with Crippen LogP contribution < -0.4 is 26.2 Å². The lowest BCUT2D eigenvalue weighted by Crippen LogP contribution is -2.61. The topological polar surface area (TPSA) is 6.48 Å². The highest BCUT2D eigenvalue weighted by atomic mass is 15.2. The van der Waals surface area contributed by atoms with E-state index in [2.05, 4.69) is 210 Å². The van der Waals surface area contributed by atoms with E-state index >= 15 is 0 Å². The van der Waals surface area contributed by atoms with Gasteiger partial charge in [0.2, 0.25) is 0 Å². The Bertz CT molecular complexity index is 2960. The van der Waals surface area contributed by atoms with E-state index in [0.717, 1.165) is 6.42 Å². The molecule has 64 heavy (non-hydrogen) atoms. The highest BCUT2D eigenvalue weighted by Gasteiger charge is 2.49. The summed E-state index contributed by atoms with van der Waals surface area (Å²) in [7, 11) is 0. The Hall–Kier alpha value is -5.02. The molecular formula is C61H69BN2. The van der Waals surface area contributed by atoms with Gasteiger partial charge in [-0.3, -0.25) is 0 Å². The molecule has 0 bridgehead atoms. The predicted octanol–water partition coefficient (Wildman–Crippen LogP) is 14.7. The van der Waals surface area contributed by atoms with E-state index in [-0.39, 0.29) is 39.2 Å². The molecule has 0 radical (unpaired) electrons. The molecule has 0 saturated carbocycles. The van der Waals surface area contributed by atoms with Gasteiger partial charge < -0.3 is 9.80 Å². The summed E-state index contributed by atoms with van der Waals surface area (Å²) in [5.41, 5.74) is 26.8. The quantitative estimate of drug-likeness (QED) is 0.164. The first-order valence-corrected chi connectivity index (χ1v) is 24.4. The number of fused-ring (bicyclic) bond motifs is 7. The van der Waals surface area contributed by atoms with Crippen molar-refractivity contribution in [2.45, 2.75) is 162 Å². The largest absolute Gasteiger partial charge is 0.311 e. The lowest BCUT2D eigenvalue weighted by atomic mass is 9.33. The van der Waals surface area contributed by atoms with Gasteiger partial charge in [-0.15, -0.1) is 0 Å². The van der Waals surface area contributed by atoms with E-state index in [1.165, 1.54) is 132 Å². The summed E-state index contributed by atoms with van der Waals surface area (Å²) < 4.78 is 0. The molecule has 0 saturated heterocycles. The summed E-state index contributed by atoms with van der Waals surface area (Å²) in [6, 6.07) is 41.4. The summed E-state index contributed by atoms with van der Waals surface area (Å²) >= 11 is 0. The fraction of sp³-hybridized carbons (Fsp3) is 0.410. The molecule has 0 atom stereocenters. The number of nitrogens with zero attached hydrogens (tertiary/aromatic N) is 2. The number of hydrogen-bond donors (Lipinski definition) is 0. The van der Waals surface area contributed by atoms with E-state index in [4.69, 9.17) is 0 Å². The van der Waals surface area contributed by atoms with Crippen molar-refractivity contribution in [2.24, 2.45) is 0 Å². The van der Waals surface area contributed by atoms with E-state index < -0.39 is 0 Å². The standard InChI is InChI=1S/C61H69BN2/c1-37-28-53-55-54(29-37)64(50-34-46-43(30-38(50)2)57(5,6)26-27-59(46,9)10)52-35-47-45(60(11,12)36-61(47,13)14)33-49(52)62(55)48-23-20-40(39-18-16-15-17-19-39)31-51(48)63(53)41-21-22-42-44(32-41)58(7,8)25-24-56(42,3)4/h15-23,28-35H,24-27,36H2,1-14H3. The van der Waals surface area contributed by atoms with Gasteiger partial charge >= 0.3 is 0 Å². The number of aryl methyl sites for hydroxylation is 2. The summed E-state index contributed by atoms with van der Waals surface area (Å²) in [4.78, 5) is 5.39. The van der Waals surface area contributed by atoms with Crippen LogP contribution in [0, 0.1) is 13.8 Å². The Morgan fingerprint density at radius 1 is 0.391 bits per heavy atom. The Morgan fingerprint density at radius 3 is 1.55 bits per heavy atom. The molecule has 0 amide bonds. The SMILES string of the molecule is Cc1cc2c3c(c1)N(c1cc4c(cc1C)C(C)(C)CCC4(C)C)c1cc4c(cc1B3c1ccc(-c3ccccc3)cc1N2c1ccc2c(c1)C(C)(C)CCC2(C)C)C(C)(C)CC4(C)C. The van der Waals surface area contributed by atoms with Gasteiger partial charge in [-0.2, -0.15) is 0 Å². The normalized spacial score (nSPS) is 20.7. The Morgan fingerprint density at radius 2 is 0.906 bits per heavy atom. The first-order chi connectivity index (χ1) is 30.0. The second-order valence-electron chi connectivity index (χ2n) is 24.8. The van der Waals surface area contributed by atoms with Gasteiger partial charge in [-0.05, 0) is 193 Å². The van der Waals surface area contributed by atoms with Gasteiger partial charge in [0.1, 0.15) is 0 Å². The predicted molar refractivity (Wildman–Crippen MR) is 277 cm³/mol. The minimum atomic E-state index is 0.0646. The van der Waals surface area contributed by atoms with Crippen LogP contribution in [-0.4, -0.2) is 6.71 Å². The summed E-state index contributed by atoms with van der Waals surface area (Å²) in [6.45, 7) is 34.4. The molecule has 326 valence electrons. The van der Waals surface area contributed by atoms with Crippen LogP contribution in [0.25, 0.3) is 11.1 Å². The zero-order chi connectivity index (χ0) is 45.3. The van der Waals surface area contributed by atoms with E-state index in [9.17, 15) is 0 Å². The molecule has 2 nitrogen and oxygen atoms in total. The van der Waals surface area contributed by atoms with E-state index in [1.807, 2.05) is 0 Å². The third-order valence-electron chi connectivity index (χ3n) is 17.3. The smallest absolute Gasteiger partial charge is 0.252 e. The minimum Gasteiger partial charge on any atom is -0.311 e. The van der Waals surface area contributed by atoms with Crippen LogP contribution in [0.3, 0.4) is 0 Å². The van der Waals surface area contributed by atoms with Crippen LogP contribution in [0.4, 0.5) is 34.1 Å².